The van der Waals surface area contributed by atoms with Crippen LogP contribution in [0, 0.1) is 6.92 Å². The first-order valence-electron chi connectivity index (χ1n) is 6.95. The van der Waals surface area contributed by atoms with Gasteiger partial charge < -0.3 is 20.3 Å². The van der Waals surface area contributed by atoms with Gasteiger partial charge in [0.05, 0.1) is 6.10 Å². The first-order chi connectivity index (χ1) is 10.5. The molecule has 7 heteroatoms. The summed E-state index contributed by atoms with van der Waals surface area (Å²) >= 11 is 6.00. The molecule has 2 aromatic rings. The van der Waals surface area contributed by atoms with Crippen molar-refractivity contribution in [1.29, 1.82) is 0 Å². The Morgan fingerprint density at radius 1 is 1.45 bits per heavy atom. The van der Waals surface area contributed by atoms with Gasteiger partial charge in [0.15, 0.2) is 5.76 Å². The summed E-state index contributed by atoms with van der Waals surface area (Å²) in [6.07, 6.45) is -0.257. The van der Waals surface area contributed by atoms with E-state index in [-0.39, 0.29) is 6.54 Å². The molecule has 1 aromatic heterocycles. The van der Waals surface area contributed by atoms with Gasteiger partial charge in [0.1, 0.15) is 11.4 Å². The molecule has 3 N–H and O–H groups in total. The summed E-state index contributed by atoms with van der Waals surface area (Å²) in [4.78, 5) is 11.9. The van der Waals surface area contributed by atoms with Gasteiger partial charge in [0.25, 0.3) is 0 Å². The van der Waals surface area contributed by atoms with Crippen LogP contribution in [0.4, 0.5) is 10.5 Å². The molecule has 0 aliphatic rings. The Morgan fingerprint density at radius 3 is 2.86 bits per heavy atom. The van der Waals surface area contributed by atoms with Crippen LogP contribution in [0.2, 0.25) is 5.02 Å². The van der Waals surface area contributed by atoms with Crippen molar-refractivity contribution in [1.82, 2.24) is 10.5 Å². The predicted molar refractivity (Wildman–Crippen MR) is 84.1 cm³/mol. The van der Waals surface area contributed by atoms with E-state index in [0.717, 1.165) is 0 Å². The van der Waals surface area contributed by atoms with Gasteiger partial charge in [-0.15, -0.1) is 0 Å². The SMILES string of the molecule is CCc1onc(C)c1NC(=O)NCC(O)c1ccccc1Cl. The summed E-state index contributed by atoms with van der Waals surface area (Å²) < 4.78 is 5.10. The minimum atomic E-state index is -0.881. The summed E-state index contributed by atoms with van der Waals surface area (Å²) in [6.45, 7) is 3.70. The standard InChI is InChI=1S/C15H18ClN3O3/c1-3-13-14(9(2)19-22-13)18-15(21)17-8-12(20)10-6-4-5-7-11(10)16/h4-7,12,20H,3,8H2,1-2H3,(H2,17,18,21). The maximum atomic E-state index is 11.9. The number of hydrogen-bond acceptors (Lipinski definition) is 4. The third-order valence-electron chi connectivity index (χ3n) is 3.21. The second kappa shape index (κ2) is 7.29. The number of urea groups is 1. The average molecular weight is 324 g/mol. The highest BCUT2D eigenvalue weighted by atomic mass is 35.5. The fraction of sp³-hybridized carbons (Fsp3) is 0.333. The van der Waals surface area contributed by atoms with Crippen LogP contribution in [0.1, 0.15) is 30.0 Å². The number of rotatable bonds is 5. The van der Waals surface area contributed by atoms with Crippen LogP contribution < -0.4 is 10.6 Å². The summed E-state index contributed by atoms with van der Waals surface area (Å²) in [5.74, 6) is 0.610. The van der Waals surface area contributed by atoms with Crippen molar-refractivity contribution < 1.29 is 14.4 Å². The molecule has 0 spiro atoms. The van der Waals surface area contributed by atoms with Crippen LogP contribution in [-0.2, 0) is 6.42 Å². The maximum absolute atomic E-state index is 11.9. The zero-order valence-corrected chi connectivity index (χ0v) is 13.1. The van der Waals surface area contributed by atoms with Crippen LogP contribution >= 0.6 is 11.6 Å². The number of aryl methyl sites for hydroxylation is 2. The minimum Gasteiger partial charge on any atom is -0.387 e. The van der Waals surface area contributed by atoms with Crippen LogP contribution in [0.5, 0.6) is 0 Å². The Hall–Kier alpha value is -2.05. The van der Waals surface area contributed by atoms with E-state index in [1.807, 2.05) is 6.92 Å². The second-order valence-electron chi connectivity index (χ2n) is 4.79. The largest absolute Gasteiger partial charge is 0.387 e. The first-order valence-corrected chi connectivity index (χ1v) is 7.33. The Labute approximate surface area is 133 Å². The first kappa shape index (κ1) is 16.3. The molecule has 1 unspecified atom stereocenters. The molecule has 1 aromatic carbocycles. The Morgan fingerprint density at radius 2 is 2.18 bits per heavy atom. The smallest absolute Gasteiger partial charge is 0.319 e. The quantitative estimate of drug-likeness (QED) is 0.789. The zero-order chi connectivity index (χ0) is 16.1. The molecule has 0 radical (unpaired) electrons. The molecule has 0 bridgehead atoms. The highest BCUT2D eigenvalue weighted by molar-refractivity contribution is 6.31. The highest BCUT2D eigenvalue weighted by Crippen LogP contribution is 2.22. The lowest BCUT2D eigenvalue weighted by Crippen LogP contribution is -2.32. The number of benzene rings is 1. The topological polar surface area (TPSA) is 87.4 Å². The number of aliphatic hydroxyl groups is 1. The molecular formula is C15H18ClN3O3. The van der Waals surface area contributed by atoms with Crippen LogP contribution in [0.15, 0.2) is 28.8 Å². The molecule has 2 rings (SSSR count). The number of anilines is 1. The van der Waals surface area contributed by atoms with Crippen molar-refractivity contribution in [2.24, 2.45) is 0 Å². The third-order valence-corrected chi connectivity index (χ3v) is 3.56. The molecule has 1 atom stereocenters. The van der Waals surface area contributed by atoms with Gasteiger partial charge in [0, 0.05) is 23.6 Å². The fourth-order valence-electron chi connectivity index (χ4n) is 2.02. The average Bonchev–Trinajstić information content (AvgIpc) is 2.86. The van der Waals surface area contributed by atoms with Crippen molar-refractivity contribution in [2.75, 3.05) is 11.9 Å². The molecule has 22 heavy (non-hydrogen) atoms. The Balaban J connectivity index is 1.93. The lowest BCUT2D eigenvalue weighted by atomic mass is 10.1. The van der Waals surface area contributed by atoms with E-state index < -0.39 is 12.1 Å². The Bertz CT molecular complexity index is 657. The number of aliphatic hydroxyl groups excluding tert-OH is 1. The number of carbonyl (C=O) groups excluding carboxylic acids is 1. The number of aromatic nitrogens is 1. The molecule has 0 aliphatic heterocycles. The van der Waals surface area contributed by atoms with Gasteiger partial charge in [-0.3, -0.25) is 0 Å². The van der Waals surface area contributed by atoms with E-state index in [9.17, 15) is 9.90 Å². The maximum Gasteiger partial charge on any atom is 0.319 e. The molecule has 118 valence electrons. The van der Waals surface area contributed by atoms with Gasteiger partial charge >= 0.3 is 6.03 Å². The van der Waals surface area contributed by atoms with Crippen LogP contribution in [-0.4, -0.2) is 22.8 Å². The van der Waals surface area contributed by atoms with Crippen molar-refractivity contribution in [3.05, 3.63) is 46.3 Å². The normalized spacial score (nSPS) is 12.0. The molecule has 0 fully saturated rings. The summed E-state index contributed by atoms with van der Waals surface area (Å²) in [5, 5.41) is 19.6. The zero-order valence-electron chi connectivity index (χ0n) is 12.4. The van der Waals surface area contributed by atoms with E-state index in [1.165, 1.54) is 0 Å². The van der Waals surface area contributed by atoms with Crippen molar-refractivity contribution >= 4 is 23.3 Å². The van der Waals surface area contributed by atoms with E-state index >= 15 is 0 Å². The fourth-order valence-corrected chi connectivity index (χ4v) is 2.28. The number of carbonyl (C=O) groups is 1. The van der Waals surface area contributed by atoms with E-state index in [2.05, 4.69) is 15.8 Å². The van der Waals surface area contributed by atoms with Gasteiger partial charge in [-0.1, -0.05) is 41.9 Å². The summed E-state index contributed by atoms with van der Waals surface area (Å²) in [7, 11) is 0. The molecule has 2 amide bonds. The molecule has 6 nitrogen and oxygen atoms in total. The van der Waals surface area contributed by atoms with Gasteiger partial charge in [0.2, 0.25) is 0 Å². The summed E-state index contributed by atoms with van der Waals surface area (Å²) in [5.41, 5.74) is 1.74. The number of hydrogen-bond donors (Lipinski definition) is 3. The number of nitrogens with one attached hydrogen (secondary N) is 2. The van der Waals surface area contributed by atoms with Crippen LogP contribution in [0.3, 0.4) is 0 Å². The lowest BCUT2D eigenvalue weighted by molar-refractivity contribution is 0.175. The predicted octanol–water partition coefficient (Wildman–Crippen LogP) is 3.05. The molecule has 1 heterocycles. The third kappa shape index (κ3) is 3.78. The summed E-state index contributed by atoms with van der Waals surface area (Å²) in [6, 6.07) is 6.52. The van der Waals surface area contributed by atoms with Gasteiger partial charge in [-0.2, -0.15) is 0 Å². The highest BCUT2D eigenvalue weighted by Gasteiger charge is 2.16. The van der Waals surface area contributed by atoms with Crippen molar-refractivity contribution in [3.63, 3.8) is 0 Å². The minimum absolute atomic E-state index is 0.0430. The van der Waals surface area contributed by atoms with Gasteiger partial charge in [-0.25, -0.2) is 4.79 Å². The van der Waals surface area contributed by atoms with E-state index in [0.29, 0.717) is 34.1 Å². The molecule has 0 aliphatic carbocycles. The van der Waals surface area contributed by atoms with Gasteiger partial charge in [-0.05, 0) is 13.0 Å². The molecular weight excluding hydrogens is 306 g/mol. The lowest BCUT2D eigenvalue weighted by Gasteiger charge is -2.14. The molecule has 0 saturated heterocycles. The van der Waals surface area contributed by atoms with Crippen LogP contribution in [0.25, 0.3) is 0 Å². The van der Waals surface area contributed by atoms with E-state index in [1.54, 1.807) is 31.2 Å². The Kier molecular flexibility index (Phi) is 5.41. The number of halogens is 1. The monoisotopic (exact) mass is 323 g/mol. The van der Waals surface area contributed by atoms with Crippen molar-refractivity contribution in [3.8, 4) is 0 Å². The van der Waals surface area contributed by atoms with Crippen molar-refractivity contribution in [2.45, 2.75) is 26.4 Å². The second-order valence-corrected chi connectivity index (χ2v) is 5.20. The number of amides is 2. The van der Waals surface area contributed by atoms with E-state index in [4.69, 9.17) is 16.1 Å². The molecule has 0 saturated carbocycles. The number of nitrogens with zero attached hydrogens (tertiary/aromatic N) is 1.